The van der Waals surface area contributed by atoms with Crippen LogP contribution in [0.25, 0.3) is 11.3 Å². The molecule has 0 saturated carbocycles. The van der Waals surface area contributed by atoms with Gasteiger partial charge in [0.2, 0.25) is 5.95 Å². The minimum absolute atomic E-state index is 0.131. The van der Waals surface area contributed by atoms with Crippen LogP contribution >= 0.6 is 0 Å². The molecule has 0 aliphatic carbocycles. The van der Waals surface area contributed by atoms with Crippen LogP contribution in [-0.4, -0.2) is 54.2 Å². The molecule has 0 radical (unpaired) electrons. The van der Waals surface area contributed by atoms with E-state index in [4.69, 9.17) is 4.74 Å². The van der Waals surface area contributed by atoms with Crippen LogP contribution in [-0.2, 0) is 4.74 Å². The summed E-state index contributed by atoms with van der Waals surface area (Å²) in [5, 5.41) is 2.82. The summed E-state index contributed by atoms with van der Waals surface area (Å²) in [6, 6.07) is 8.30. The van der Waals surface area contributed by atoms with Gasteiger partial charge < -0.3 is 19.7 Å². The summed E-state index contributed by atoms with van der Waals surface area (Å²) in [5.74, 6) is 3.49. The molecule has 2 heterocycles. The van der Waals surface area contributed by atoms with Crippen molar-refractivity contribution in [3.05, 3.63) is 29.8 Å². The lowest BCUT2D eigenvalue weighted by molar-refractivity contribution is -0.274. The van der Waals surface area contributed by atoms with Crippen molar-refractivity contribution in [3.8, 4) is 29.0 Å². The Morgan fingerprint density at radius 2 is 1.80 bits per heavy atom. The zero-order chi connectivity index (χ0) is 26.0. The number of nitrogens with one attached hydrogen (secondary N) is 1. The normalized spacial score (nSPS) is 13.9. The predicted molar refractivity (Wildman–Crippen MR) is 126 cm³/mol. The first-order chi connectivity index (χ1) is 16.3. The lowest BCUT2D eigenvalue weighted by Gasteiger charge is -2.40. The van der Waals surface area contributed by atoms with Gasteiger partial charge in [0, 0.05) is 37.3 Å². The van der Waals surface area contributed by atoms with Crippen LogP contribution < -0.4 is 19.9 Å². The molecule has 2 aromatic rings. The van der Waals surface area contributed by atoms with Crippen molar-refractivity contribution in [3.63, 3.8) is 0 Å². The Balaban J connectivity index is 1.86. The van der Waals surface area contributed by atoms with E-state index >= 15 is 0 Å². The largest absolute Gasteiger partial charge is 0.573 e. The van der Waals surface area contributed by atoms with E-state index in [1.165, 1.54) is 24.3 Å². The first-order valence-corrected chi connectivity index (χ1v) is 10.9. The van der Waals surface area contributed by atoms with Gasteiger partial charge in [0.15, 0.2) is 0 Å². The SMILES string of the molecule is CC#CN(C)c1nc(N2CC(NC(=O)OC(C)(C)C)C2)nc(-c2ccc(OC(F)(F)F)cc2)c1C. The van der Waals surface area contributed by atoms with Gasteiger partial charge in [-0.05, 0) is 58.9 Å². The number of carbonyl (C=O) groups is 1. The van der Waals surface area contributed by atoms with Gasteiger partial charge in [-0.2, -0.15) is 4.98 Å². The summed E-state index contributed by atoms with van der Waals surface area (Å²) in [4.78, 5) is 24.9. The molecule has 0 bridgehead atoms. The molecule has 1 aliphatic rings. The zero-order valence-electron chi connectivity index (χ0n) is 20.4. The zero-order valence-corrected chi connectivity index (χ0v) is 20.4. The molecule has 1 aromatic carbocycles. The number of amides is 1. The lowest BCUT2D eigenvalue weighted by Crippen LogP contribution is -2.60. The van der Waals surface area contributed by atoms with Crippen molar-refractivity contribution in [2.45, 2.75) is 52.6 Å². The van der Waals surface area contributed by atoms with Crippen LogP contribution in [0.5, 0.6) is 5.75 Å². The fourth-order valence-electron chi connectivity index (χ4n) is 3.48. The molecule has 188 valence electrons. The molecular weight excluding hydrogens is 463 g/mol. The molecule has 0 spiro atoms. The number of hydrogen-bond acceptors (Lipinski definition) is 7. The number of carbonyl (C=O) groups excluding carboxylic acids is 1. The van der Waals surface area contributed by atoms with Gasteiger partial charge in [-0.25, -0.2) is 9.78 Å². The van der Waals surface area contributed by atoms with E-state index in [0.29, 0.717) is 41.7 Å². The number of alkyl carbamates (subject to hydrolysis) is 1. The predicted octanol–water partition coefficient (Wildman–Crippen LogP) is 4.48. The molecule has 11 heteroatoms. The molecule has 0 unspecified atom stereocenters. The quantitative estimate of drug-likeness (QED) is 0.488. The number of hydrogen-bond donors (Lipinski definition) is 1. The van der Waals surface area contributed by atoms with Crippen LogP contribution in [0.15, 0.2) is 24.3 Å². The minimum atomic E-state index is -4.77. The van der Waals surface area contributed by atoms with Gasteiger partial charge >= 0.3 is 12.5 Å². The molecule has 3 rings (SSSR count). The number of halogens is 3. The molecule has 8 nitrogen and oxygen atoms in total. The maximum absolute atomic E-state index is 12.5. The third-order valence-electron chi connectivity index (χ3n) is 4.95. The van der Waals surface area contributed by atoms with Gasteiger partial charge in [0.1, 0.15) is 17.2 Å². The van der Waals surface area contributed by atoms with Crippen LogP contribution in [0.3, 0.4) is 0 Å². The van der Waals surface area contributed by atoms with Crippen molar-refractivity contribution in [1.29, 1.82) is 0 Å². The maximum atomic E-state index is 12.5. The Morgan fingerprint density at radius 3 is 2.34 bits per heavy atom. The van der Waals surface area contributed by atoms with E-state index in [1.807, 2.05) is 11.8 Å². The van der Waals surface area contributed by atoms with Crippen LogP contribution in [0.2, 0.25) is 0 Å². The number of rotatable bonds is 5. The maximum Gasteiger partial charge on any atom is 0.573 e. The number of anilines is 2. The summed E-state index contributed by atoms with van der Waals surface area (Å²) >= 11 is 0. The molecule has 1 amide bonds. The Morgan fingerprint density at radius 1 is 1.17 bits per heavy atom. The standard InChI is InChI=1S/C24H28F3N5O3/c1-7-12-31(6)20-15(2)19(16-8-10-18(11-9-16)34-24(25,26)27)29-21(30-20)32-13-17(14-32)28-22(33)35-23(3,4)5/h8-11,17H,13-14H2,1-6H3,(H,28,33). The minimum Gasteiger partial charge on any atom is -0.444 e. The smallest absolute Gasteiger partial charge is 0.444 e. The van der Waals surface area contributed by atoms with Gasteiger partial charge in [-0.1, -0.05) is 5.92 Å². The summed E-state index contributed by atoms with van der Waals surface area (Å²) in [5.41, 5.74) is 1.27. The molecule has 0 atom stereocenters. The number of benzene rings is 1. The Labute approximate surface area is 202 Å². The van der Waals surface area contributed by atoms with E-state index in [1.54, 1.807) is 39.6 Å². The van der Waals surface area contributed by atoms with E-state index in [0.717, 1.165) is 0 Å². The highest BCUT2D eigenvalue weighted by Gasteiger charge is 2.33. The molecule has 1 aromatic heterocycles. The van der Waals surface area contributed by atoms with Crippen molar-refractivity contribution >= 4 is 17.9 Å². The van der Waals surface area contributed by atoms with Gasteiger partial charge in [-0.15, -0.1) is 13.2 Å². The molecule has 1 fully saturated rings. The summed E-state index contributed by atoms with van der Waals surface area (Å²) in [7, 11) is 1.77. The average molecular weight is 492 g/mol. The summed E-state index contributed by atoms with van der Waals surface area (Å²) < 4.78 is 46.8. The first kappa shape index (κ1) is 25.9. The second-order valence-electron chi connectivity index (χ2n) is 9.06. The van der Waals surface area contributed by atoms with E-state index in [-0.39, 0.29) is 11.8 Å². The Bertz CT molecular complexity index is 1130. The van der Waals surface area contributed by atoms with Crippen LogP contribution in [0, 0.1) is 18.9 Å². The number of ether oxygens (including phenoxy) is 2. The van der Waals surface area contributed by atoms with E-state index < -0.39 is 18.1 Å². The summed E-state index contributed by atoms with van der Waals surface area (Å²) in [6.07, 6.45) is -5.26. The Hall–Kier alpha value is -3.68. The van der Waals surface area contributed by atoms with Gasteiger partial charge in [-0.3, -0.25) is 4.90 Å². The fourth-order valence-corrected chi connectivity index (χ4v) is 3.48. The van der Waals surface area contributed by atoms with Crippen molar-refractivity contribution in [2.24, 2.45) is 0 Å². The number of aromatic nitrogens is 2. The number of nitrogens with zero attached hydrogens (tertiary/aromatic N) is 4. The lowest BCUT2D eigenvalue weighted by atomic mass is 10.1. The van der Waals surface area contributed by atoms with Gasteiger partial charge in [0.05, 0.1) is 11.7 Å². The van der Waals surface area contributed by atoms with E-state index in [2.05, 4.69) is 32.0 Å². The molecule has 35 heavy (non-hydrogen) atoms. The Kier molecular flexibility index (Phi) is 7.33. The highest BCUT2D eigenvalue weighted by atomic mass is 19.4. The van der Waals surface area contributed by atoms with E-state index in [9.17, 15) is 18.0 Å². The second-order valence-corrected chi connectivity index (χ2v) is 9.06. The van der Waals surface area contributed by atoms with Gasteiger partial charge in [0.25, 0.3) is 0 Å². The molecule has 1 saturated heterocycles. The van der Waals surface area contributed by atoms with Crippen LogP contribution in [0.1, 0.15) is 33.3 Å². The monoisotopic (exact) mass is 491 g/mol. The van der Waals surface area contributed by atoms with Crippen LogP contribution in [0.4, 0.5) is 29.7 Å². The molecular formula is C24H28F3N5O3. The third-order valence-corrected chi connectivity index (χ3v) is 4.95. The first-order valence-electron chi connectivity index (χ1n) is 10.9. The topological polar surface area (TPSA) is 79.8 Å². The van der Waals surface area contributed by atoms with Crippen molar-refractivity contribution in [2.75, 3.05) is 29.9 Å². The number of alkyl halides is 3. The van der Waals surface area contributed by atoms with Crippen molar-refractivity contribution in [1.82, 2.24) is 15.3 Å². The average Bonchev–Trinajstić information content (AvgIpc) is 2.69. The third kappa shape index (κ3) is 6.91. The highest BCUT2D eigenvalue weighted by Crippen LogP contribution is 2.33. The summed E-state index contributed by atoms with van der Waals surface area (Å²) in [6.45, 7) is 9.86. The van der Waals surface area contributed by atoms with Crippen molar-refractivity contribution < 1.29 is 27.4 Å². The molecule has 1 aliphatic heterocycles. The highest BCUT2D eigenvalue weighted by molar-refractivity contribution is 5.72. The molecule has 1 N–H and O–H groups in total. The second kappa shape index (κ2) is 9.90. The fraction of sp³-hybridized carbons (Fsp3) is 0.458.